The normalized spacial score (nSPS) is 10.8. The molecule has 0 aliphatic rings. The number of nitrogens with one attached hydrogen (secondary N) is 2. The first-order valence-corrected chi connectivity index (χ1v) is 8.32. The molecular weight excluding hydrogens is 312 g/mol. The molecule has 0 fully saturated rings. The Labute approximate surface area is 140 Å². The lowest BCUT2D eigenvalue weighted by molar-refractivity contribution is -0.116. The minimum Gasteiger partial charge on any atom is -0.384 e. The first-order chi connectivity index (χ1) is 11.1. The Balaban J connectivity index is 1.89. The fraction of sp³-hybridized carbons (Fsp3) is 0.438. The largest absolute Gasteiger partial charge is 0.384 e. The molecule has 1 aromatic carbocycles. The molecule has 0 bridgehead atoms. The highest BCUT2D eigenvalue weighted by Crippen LogP contribution is 2.20. The Morgan fingerprint density at radius 1 is 1.26 bits per heavy atom. The summed E-state index contributed by atoms with van der Waals surface area (Å²) in [6.07, 6.45) is 1.23. The van der Waals surface area contributed by atoms with E-state index in [1.165, 1.54) is 11.5 Å². The van der Waals surface area contributed by atoms with Crippen molar-refractivity contribution in [3.8, 4) is 0 Å². The fourth-order valence-electron chi connectivity index (χ4n) is 1.94. The topological polar surface area (TPSA) is 76.1 Å². The molecule has 23 heavy (non-hydrogen) atoms. The van der Waals surface area contributed by atoms with Crippen LogP contribution in [0, 0.1) is 5.92 Å². The minimum absolute atomic E-state index is 0.0348. The van der Waals surface area contributed by atoms with Crippen LogP contribution in [0.2, 0.25) is 0 Å². The van der Waals surface area contributed by atoms with Gasteiger partial charge in [-0.25, -0.2) is 4.98 Å². The summed E-state index contributed by atoms with van der Waals surface area (Å²) in [5.41, 5.74) is 1.69. The number of methoxy groups -OCH3 is 1. The van der Waals surface area contributed by atoms with E-state index in [0.29, 0.717) is 25.4 Å². The van der Waals surface area contributed by atoms with Gasteiger partial charge in [-0.2, -0.15) is 4.37 Å². The zero-order valence-corrected chi connectivity index (χ0v) is 14.4. The summed E-state index contributed by atoms with van der Waals surface area (Å²) in [5.74, 6) is 1.16. The number of rotatable bonds is 8. The quantitative estimate of drug-likeness (QED) is 0.773. The average molecular weight is 334 g/mol. The van der Waals surface area contributed by atoms with Gasteiger partial charge in [0.05, 0.1) is 6.61 Å². The van der Waals surface area contributed by atoms with Crippen molar-refractivity contribution in [1.82, 2.24) is 9.36 Å². The van der Waals surface area contributed by atoms with Gasteiger partial charge >= 0.3 is 0 Å². The maximum Gasteiger partial charge on any atom is 0.224 e. The van der Waals surface area contributed by atoms with E-state index in [1.54, 1.807) is 7.11 Å². The van der Waals surface area contributed by atoms with E-state index in [0.717, 1.165) is 22.3 Å². The van der Waals surface area contributed by atoms with Crippen LogP contribution < -0.4 is 10.6 Å². The molecular formula is C16H22N4O2S. The Hall–Kier alpha value is -1.99. The number of carbonyl (C=O) groups excluding carboxylic acids is 1. The summed E-state index contributed by atoms with van der Waals surface area (Å²) in [5, 5.41) is 6.83. The molecule has 7 heteroatoms. The number of ether oxygens (including phenoxy) is 1. The predicted octanol–water partition coefficient (Wildman–Crippen LogP) is 3.46. The number of amides is 1. The molecule has 6 nitrogen and oxygen atoms in total. The van der Waals surface area contributed by atoms with Crippen molar-refractivity contribution < 1.29 is 9.53 Å². The molecule has 1 amide bonds. The maximum atomic E-state index is 11.7. The molecule has 2 N–H and O–H groups in total. The van der Waals surface area contributed by atoms with Gasteiger partial charge in [-0.3, -0.25) is 4.79 Å². The minimum atomic E-state index is 0.0348. The van der Waals surface area contributed by atoms with Gasteiger partial charge in [0.15, 0.2) is 0 Å². The number of aromatic nitrogens is 2. The zero-order chi connectivity index (χ0) is 16.7. The summed E-state index contributed by atoms with van der Waals surface area (Å²) >= 11 is 1.32. The second kappa shape index (κ2) is 8.59. The lowest BCUT2D eigenvalue weighted by Crippen LogP contribution is -2.13. The molecule has 1 aromatic heterocycles. The third-order valence-corrected chi connectivity index (χ3v) is 3.68. The van der Waals surface area contributed by atoms with Crippen LogP contribution in [-0.2, 0) is 16.0 Å². The molecule has 0 aliphatic carbocycles. The lowest BCUT2D eigenvalue weighted by atomic mass is 10.1. The number of hydrogen-bond donors (Lipinski definition) is 2. The standard InChI is InChI=1S/C16H22N4O2S/c1-11(2)10-15(21)17-12-4-6-13(7-5-12)18-16-19-14(20-23-16)8-9-22-3/h4-7,11H,8-10H2,1-3H3,(H,17,21)(H,18,19,20). The van der Waals surface area contributed by atoms with Crippen LogP contribution >= 0.6 is 11.5 Å². The van der Waals surface area contributed by atoms with E-state index in [9.17, 15) is 4.79 Å². The van der Waals surface area contributed by atoms with Gasteiger partial charge in [0.2, 0.25) is 11.0 Å². The highest BCUT2D eigenvalue weighted by atomic mass is 32.1. The highest BCUT2D eigenvalue weighted by molar-refractivity contribution is 7.09. The number of benzene rings is 1. The van der Waals surface area contributed by atoms with Crippen molar-refractivity contribution in [1.29, 1.82) is 0 Å². The van der Waals surface area contributed by atoms with Gasteiger partial charge in [-0.15, -0.1) is 0 Å². The van der Waals surface area contributed by atoms with E-state index in [-0.39, 0.29) is 5.91 Å². The Kier molecular flexibility index (Phi) is 6.49. The number of anilines is 3. The fourth-order valence-corrected chi connectivity index (χ4v) is 2.58. The van der Waals surface area contributed by atoms with Crippen LogP contribution in [0.3, 0.4) is 0 Å². The average Bonchev–Trinajstić information content (AvgIpc) is 2.94. The van der Waals surface area contributed by atoms with Crippen LogP contribution in [0.25, 0.3) is 0 Å². The van der Waals surface area contributed by atoms with E-state index in [1.807, 2.05) is 38.1 Å². The van der Waals surface area contributed by atoms with Crippen molar-refractivity contribution >= 4 is 33.9 Å². The molecule has 0 saturated carbocycles. The highest BCUT2D eigenvalue weighted by Gasteiger charge is 2.06. The molecule has 124 valence electrons. The van der Waals surface area contributed by atoms with Crippen molar-refractivity contribution in [2.45, 2.75) is 26.7 Å². The van der Waals surface area contributed by atoms with Gasteiger partial charge < -0.3 is 15.4 Å². The first-order valence-electron chi connectivity index (χ1n) is 7.55. The Bertz CT molecular complexity index is 625. The van der Waals surface area contributed by atoms with E-state index in [4.69, 9.17) is 4.74 Å². The Morgan fingerprint density at radius 3 is 2.61 bits per heavy atom. The van der Waals surface area contributed by atoms with Crippen LogP contribution in [-0.4, -0.2) is 29.0 Å². The lowest BCUT2D eigenvalue weighted by Gasteiger charge is -2.08. The molecule has 2 rings (SSSR count). The van der Waals surface area contributed by atoms with Crippen LogP contribution in [0.15, 0.2) is 24.3 Å². The van der Waals surface area contributed by atoms with E-state index >= 15 is 0 Å². The summed E-state index contributed by atoms with van der Waals surface area (Å²) in [7, 11) is 1.66. The molecule has 0 atom stereocenters. The van der Waals surface area contributed by atoms with Gasteiger partial charge in [0, 0.05) is 42.9 Å². The number of hydrogen-bond acceptors (Lipinski definition) is 6. The van der Waals surface area contributed by atoms with Crippen molar-refractivity contribution in [2.75, 3.05) is 24.4 Å². The van der Waals surface area contributed by atoms with Crippen molar-refractivity contribution in [2.24, 2.45) is 5.92 Å². The van der Waals surface area contributed by atoms with Crippen LogP contribution in [0.4, 0.5) is 16.5 Å². The van der Waals surface area contributed by atoms with Gasteiger partial charge in [-0.05, 0) is 30.2 Å². The number of carbonyl (C=O) groups is 1. The monoisotopic (exact) mass is 334 g/mol. The summed E-state index contributed by atoms with van der Waals surface area (Å²) in [6.45, 7) is 4.66. The summed E-state index contributed by atoms with van der Waals surface area (Å²) in [4.78, 5) is 16.1. The molecule has 0 radical (unpaired) electrons. The summed E-state index contributed by atoms with van der Waals surface area (Å²) in [6, 6.07) is 7.54. The molecule has 0 aliphatic heterocycles. The van der Waals surface area contributed by atoms with E-state index < -0.39 is 0 Å². The van der Waals surface area contributed by atoms with Crippen molar-refractivity contribution in [3.63, 3.8) is 0 Å². The third-order valence-electron chi connectivity index (χ3n) is 3.01. The molecule has 2 aromatic rings. The van der Waals surface area contributed by atoms with Gasteiger partial charge in [0.1, 0.15) is 5.82 Å². The third kappa shape index (κ3) is 5.96. The maximum absolute atomic E-state index is 11.7. The van der Waals surface area contributed by atoms with Crippen LogP contribution in [0.5, 0.6) is 0 Å². The first kappa shape index (κ1) is 17.4. The predicted molar refractivity (Wildman–Crippen MR) is 93.3 cm³/mol. The number of nitrogens with zero attached hydrogens (tertiary/aromatic N) is 2. The second-order valence-corrected chi connectivity index (χ2v) is 6.36. The summed E-state index contributed by atoms with van der Waals surface area (Å²) < 4.78 is 9.28. The SMILES string of the molecule is COCCc1nsc(Nc2ccc(NC(=O)CC(C)C)cc2)n1. The van der Waals surface area contributed by atoms with Gasteiger partial charge in [0.25, 0.3) is 0 Å². The molecule has 0 spiro atoms. The second-order valence-electron chi connectivity index (χ2n) is 5.61. The smallest absolute Gasteiger partial charge is 0.224 e. The van der Waals surface area contributed by atoms with Crippen molar-refractivity contribution in [3.05, 3.63) is 30.1 Å². The molecule has 1 heterocycles. The van der Waals surface area contributed by atoms with Crippen LogP contribution in [0.1, 0.15) is 26.1 Å². The Morgan fingerprint density at radius 2 is 1.96 bits per heavy atom. The van der Waals surface area contributed by atoms with Gasteiger partial charge in [-0.1, -0.05) is 13.8 Å². The van der Waals surface area contributed by atoms with E-state index in [2.05, 4.69) is 20.0 Å². The molecule has 0 saturated heterocycles. The molecule has 0 unspecified atom stereocenters. The zero-order valence-electron chi connectivity index (χ0n) is 13.6.